The first-order valence-corrected chi connectivity index (χ1v) is 6.24. The van der Waals surface area contributed by atoms with Crippen LogP contribution in [0.5, 0.6) is 0 Å². The van der Waals surface area contributed by atoms with Gasteiger partial charge in [-0.2, -0.15) is 4.31 Å². The first-order chi connectivity index (χ1) is 6.12. The van der Waals surface area contributed by atoms with Crippen molar-refractivity contribution >= 4 is 15.6 Å². The van der Waals surface area contributed by atoms with Gasteiger partial charge in [-0.25, -0.2) is 9.13 Å². The molecule has 0 radical (unpaired) electrons. The third kappa shape index (κ3) is 22.6. The lowest BCUT2D eigenvalue weighted by molar-refractivity contribution is 0.225. The lowest BCUT2D eigenvalue weighted by Crippen LogP contribution is -1.84. The van der Waals surface area contributed by atoms with Crippen LogP contribution < -0.4 is 0 Å². The van der Waals surface area contributed by atoms with Crippen molar-refractivity contribution in [2.75, 3.05) is 0 Å². The Morgan fingerprint density at radius 1 is 1.14 bits per heavy atom. The van der Waals surface area contributed by atoms with Crippen LogP contribution in [0.3, 0.4) is 0 Å². The predicted molar refractivity (Wildman–Crippen MR) is 50.2 cm³/mol. The SMILES string of the molecule is C=CC=CC.O=P(O)(O)OP(=O)(O)O. The van der Waals surface area contributed by atoms with Gasteiger partial charge in [0.15, 0.2) is 0 Å². The standard InChI is InChI=1S/C5H8.H4O7P2/c1-3-5-4-2;1-8(2,3)7-9(4,5)6/h3-5H,1H2,2H3;(H2,1,2,3)(H2,4,5,6). The molecule has 0 aromatic heterocycles. The van der Waals surface area contributed by atoms with Crippen molar-refractivity contribution in [3.05, 3.63) is 24.8 Å². The molecule has 0 saturated heterocycles. The Balaban J connectivity index is 0. The topological polar surface area (TPSA) is 124 Å². The van der Waals surface area contributed by atoms with Gasteiger partial charge in [0, 0.05) is 0 Å². The third-order valence-electron chi connectivity index (χ3n) is 0.541. The highest BCUT2D eigenvalue weighted by atomic mass is 31.3. The molecule has 9 heteroatoms. The maximum Gasteiger partial charge on any atom is 0.478 e. The third-order valence-corrected chi connectivity index (χ3v) is 2.24. The second-order valence-corrected chi connectivity index (χ2v) is 4.44. The van der Waals surface area contributed by atoms with E-state index < -0.39 is 15.6 Å². The maximum atomic E-state index is 9.63. The molecule has 4 N–H and O–H groups in total. The van der Waals surface area contributed by atoms with Gasteiger partial charge in [-0.05, 0) is 6.92 Å². The van der Waals surface area contributed by atoms with Crippen molar-refractivity contribution in [2.24, 2.45) is 0 Å². The van der Waals surface area contributed by atoms with Crippen LogP contribution in [0.15, 0.2) is 24.8 Å². The smallest absolute Gasteiger partial charge is 0.302 e. The summed E-state index contributed by atoms with van der Waals surface area (Å²) in [7, 11) is -10.1. The summed E-state index contributed by atoms with van der Waals surface area (Å²) >= 11 is 0. The Hall–Kier alpha value is -0.260. The van der Waals surface area contributed by atoms with Gasteiger partial charge in [-0.3, -0.25) is 0 Å². The highest BCUT2D eigenvalue weighted by molar-refractivity contribution is 7.60. The first-order valence-electron chi connectivity index (χ1n) is 3.18. The second kappa shape index (κ2) is 7.09. The monoisotopic (exact) mass is 246 g/mol. The zero-order valence-corrected chi connectivity index (χ0v) is 9.14. The minimum atomic E-state index is -5.05. The van der Waals surface area contributed by atoms with E-state index in [0.717, 1.165) is 0 Å². The van der Waals surface area contributed by atoms with Crippen LogP contribution in [-0.4, -0.2) is 19.6 Å². The quantitative estimate of drug-likeness (QED) is 0.431. The van der Waals surface area contributed by atoms with Crippen LogP contribution in [-0.2, 0) is 13.4 Å². The van der Waals surface area contributed by atoms with E-state index in [4.69, 9.17) is 19.6 Å². The van der Waals surface area contributed by atoms with E-state index in [2.05, 4.69) is 10.9 Å². The molecule has 0 aromatic carbocycles. The van der Waals surface area contributed by atoms with E-state index in [9.17, 15) is 9.13 Å². The van der Waals surface area contributed by atoms with E-state index in [-0.39, 0.29) is 0 Å². The molecule has 0 fully saturated rings. The molecule has 0 unspecified atom stereocenters. The summed E-state index contributed by atoms with van der Waals surface area (Å²) in [5.41, 5.74) is 0. The maximum absolute atomic E-state index is 9.63. The van der Waals surface area contributed by atoms with Gasteiger partial charge in [-0.15, -0.1) is 0 Å². The highest BCUT2D eigenvalue weighted by Crippen LogP contribution is 2.53. The molecule has 0 aliphatic carbocycles. The first kappa shape index (κ1) is 16.2. The Labute approximate surface area is 81.2 Å². The molecule has 0 atom stereocenters. The van der Waals surface area contributed by atoms with E-state index >= 15 is 0 Å². The Kier molecular flexibility index (Phi) is 8.19. The number of hydrogen-bond acceptors (Lipinski definition) is 3. The van der Waals surface area contributed by atoms with E-state index in [1.807, 2.05) is 19.1 Å². The molecule has 14 heavy (non-hydrogen) atoms. The summed E-state index contributed by atoms with van der Waals surface area (Å²) in [5.74, 6) is 0. The molecule has 0 heterocycles. The highest BCUT2D eigenvalue weighted by Gasteiger charge is 2.27. The summed E-state index contributed by atoms with van der Waals surface area (Å²) in [4.78, 5) is 31.0. The molecule has 0 bridgehead atoms. The Morgan fingerprint density at radius 3 is 1.50 bits per heavy atom. The molecule has 84 valence electrons. The molecule has 0 amide bonds. The summed E-state index contributed by atoms with van der Waals surface area (Å²) in [6.07, 6.45) is 5.58. The van der Waals surface area contributed by atoms with Crippen molar-refractivity contribution in [3.63, 3.8) is 0 Å². The molecule has 0 spiro atoms. The minimum Gasteiger partial charge on any atom is -0.302 e. The van der Waals surface area contributed by atoms with Gasteiger partial charge < -0.3 is 19.6 Å². The number of allylic oxidation sites excluding steroid dienone is 3. The zero-order valence-electron chi connectivity index (χ0n) is 7.35. The van der Waals surface area contributed by atoms with Crippen LogP contribution in [0.4, 0.5) is 0 Å². The van der Waals surface area contributed by atoms with Crippen molar-refractivity contribution in [3.8, 4) is 0 Å². The van der Waals surface area contributed by atoms with Crippen molar-refractivity contribution < 1.29 is 33.0 Å². The van der Waals surface area contributed by atoms with Crippen molar-refractivity contribution in [1.29, 1.82) is 0 Å². The van der Waals surface area contributed by atoms with Crippen molar-refractivity contribution in [2.45, 2.75) is 6.92 Å². The van der Waals surface area contributed by atoms with Crippen LogP contribution in [0.1, 0.15) is 6.92 Å². The fourth-order valence-electron chi connectivity index (χ4n) is 0.275. The molecular weight excluding hydrogens is 234 g/mol. The number of hydrogen-bond donors (Lipinski definition) is 4. The van der Waals surface area contributed by atoms with Crippen LogP contribution >= 0.6 is 15.6 Å². The van der Waals surface area contributed by atoms with Gasteiger partial charge in [0.25, 0.3) is 0 Å². The number of rotatable bonds is 3. The van der Waals surface area contributed by atoms with Gasteiger partial charge in [-0.1, -0.05) is 24.8 Å². The summed E-state index contributed by atoms with van der Waals surface area (Å²) in [6.45, 7) is 5.42. The second-order valence-electron chi connectivity index (χ2n) is 1.82. The average molecular weight is 246 g/mol. The Morgan fingerprint density at radius 2 is 1.50 bits per heavy atom. The summed E-state index contributed by atoms with van der Waals surface area (Å²) in [6, 6.07) is 0. The van der Waals surface area contributed by atoms with Crippen molar-refractivity contribution in [1.82, 2.24) is 0 Å². The van der Waals surface area contributed by atoms with Crippen LogP contribution in [0, 0.1) is 0 Å². The molecule has 0 aliphatic rings. The molecule has 0 saturated carbocycles. The van der Waals surface area contributed by atoms with Gasteiger partial charge in [0.2, 0.25) is 0 Å². The lowest BCUT2D eigenvalue weighted by Gasteiger charge is -2.03. The fraction of sp³-hybridized carbons (Fsp3) is 0.200. The summed E-state index contributed by atoms with van der Waals surface area (Å²) in [5, 5.41) is 0. The van der Waals surface area contributed by atoms with Crippen LogP contribution in [0.2, 0.25) is 0 Å². The van der Waals surface area contributed by atoms with Gasteiger partial charge in [0.1, 0.15) is 0 Å². The molecular formula is C5H12O7P2. The molecule has 0 aliphatic heterocycles. The average Bonchev–Trinajstić information content (AvgIpc) is 1.81. The van der Waals surface area contributed by atoms with E-state index in [1.165, 1.54) is 0 Å². The van der Waals surface area contributed by atoms with Gasteiger partial charge in [0.05, 0.1) is 0 Å². The summed E-state index contributed by atoms with van der Waals surface area (Å²) < 4.78 is 22.2. The number of phosphoric acid groups is 2. The molecule has 7 nitrogen and oxygen atoms in total. The fourth-order valence-corrected chi connectivity index (χ4v) is 1.38. The zero-order chi connectivity index (χ0) is 11.8. The van der Waals surface area contributed by atoms with Gasteiger partial charge >= 0.3 is 15.6 Å². The lowest BCUT2D eigenvalue weighted by atomic mass is 10.5. The largest absolute Gasteiger partial charge is 0.478 e. The van der Waals surface area contributed by atoms with Crippen LogP contribution in [0.25, 0.3) is 0 Å². The normalized spacial score (nSPS) is 12.1. The van der Waals surface area contributed by atoms with E-state index in [1.54, 1.807) is 6.08 Å². The molecule has 0 aromatic rings. The Bertz CT molecular complexity index is 252. The predicted octanol–water partition coefficient (Wildman–Crippen LogP) is 0.937. The van der Waals surface area contributed by atoms with E-state index in [0.29, 0.717) is 0 Å². The minimum absolute atomic E-state index is 1.75. The molecule has 0 rings (SSSR count).